The molecule has 2 aromatic rings. The van der Waals surface area contributed by atoms with Crippen LogP contribution in [0, 0.1) is 0 Å². The lowest BCUT2D eigenvalue weighted by molar-refractivity contribution is -0.143. The van der Waals surface area contributed by atoms with Crippen LogP contribution in [0.2, 0.25) is 0 Å². The number of hydrogen-bond donors (Lipinski definition) is 6. The number of carbonyl (C=O) groups is 5. The number of carbonyl (C=O) groups excluding carboxylic acids is 3. The van der Waals surface area contributed by atoms with Crippen LogP contribution in [-0.2, 0) is 19.2 Å². The highest BCUT2D eigenvalue weighted by molar-refractivity contribution is 5.99. The summed E-state index contributed by atoms with van der Waals surface area (Å²) in [6.45, 7) is 0.941. The van der Waals surface area contributed by atoms with Crippen molar-refractivity contribution in [3.8, 4) is 0 Å². The van der Waals surface area contributed by atoms with Gasteiger partial charge in [0.1, 0.15) is 17.8 Å². The van der Waals surface area contributed by atoms with Gasteiger partial charge in [-0.15, -0.1) is 0 Å². The molecular formula is C19H22N4O7. The Labute approximate surface area is 170 Å². The van der Waals surface area contributed by atoms with Crippen LogP contribution in [0.3, 0.4) is 0 Å². The summed E-state index contributed by atoms with van der Waals surface area (Å²) in [6, 6.07) is 6.44. The first-order valence-electron chi connectivity index (χ1n) is 9.07. The predicted octanol–water partition coefficient (Wildman–Crippen LogP) is -0.163. The molecule has 0 fully saturated rings. The summed E-state index contributed by atoms with van der Waals surface area (Å²) in [5, 5.41) is 25.5. The van der Waals surface area contributed by atoms with E-state index in [0.717, 1.165) is 10.9 Å². The van der Waals surface area contributed by atoms with Gasteiger partial charge in [-0.25, -0.2) is 4.79 Å². The minimum absolute atomic E-state index is 0.275. The van der Waals surface area contributed by atoms with Gasteiger partial charge in [0.25, 0.3) is 5.91 Å². The van der Waals surface area contributed by atoms with Crippen molar-refractivity contribution < 1.29 is 34.2 Å². The molecule has 0 radical (unpaired) electrons. The molecule has 1 aromatic carbocycles. The molecule has 30 heavy (non-hydrogen) atoms. The molecule has 0 bridgehead atoms. The highest BCUT2D eigenvalue weighted by Gasteiger charge is 2.24. The highest BCUT2D eigenvalue weighted by Crippen LogP contribution is 2.14. The fourth-order valence-corrected chi connectivity index (χ4v) is 2.63. The monoisotopic (exact) mass is 418 g/mol. The molecule has 0 aliphatic heterocycles. The lowest BCUT2D eigenvalue weighted by atomic mass is 10.1. The number of aromatic amines is 1. The van der Waals surface area contributed by atoms with Gasteiger partial charge in [0.2, 0.25) is 11.8 Å². The van der Waals surface area contributed by atoms with Crippen LogP contribution >= 0.6 is 0 Å². The van der Waals surface area contributed by atoms with Crippen molar-refractivity contribution in [3.05, 3.63) is 36.0 Å². The van der Waals surface area contributed by atoms with E-state index in [4.69, 9.17) is 10.2 Å². The fraction of sp³-hybridized carbons (Fsp3) is 0.316. The van der Waals surface area contributed by atoms with E-state index >= 15 is 0 Å². The Bertz CT molecular complexity index is 936. The number of para-hydroxylation sites is 1. The number of nitrogens with one attached hydrogen (secondary N) is 4. The topological polar surface area (TPSA) is 178 Å². The second-order valence-electron chi connectivity index (χ2n) is 6.57. The third-order valence-electron chi connectivity index (χ3n) is 4.22. The Morgan fingerprint density at radius 1 is 1.07 bits per heavy atom. The zero-order valence-electron chi connectivity index (χ0n) is 16.1. The maximum absolute atomic E-state index is 12.2. The van der Waals surface area contributed by atoms with E-state index in [-0.39, 0.29) is 12.1 Å². The van der Waals surface area contributed by atoms with Crippen LogP contribution in [0.25, 0.3) is 10.9 Å². The largest absolute Gasteiger partial charge is 0.481 e. The molecule has 0 aliphatic rings. The molecule has 11 nitrogen and oxygen atoms in total. The van der Waals surface area contributed by atoms with Gasteiger partial charge in [-0.2, -0.15) is 0 Å². The zero-order chi connectivity index (χ0) is 22.3. The Morgan fingerprint density at radius 2 is 1.77 bits per heavy atom. The average Bonchev–Trinajstić information content (AvgIpc) is 3.13. The maximum atomic E-state index is 12.2. The van der Waals surface area contributed by atoms with E-state index in [2.05, 4.69) is 20.9 Å². The fourth-order valence-electron chi connectivity index (χ4n) is 2.63. The standard InChI is InChI=1S/C19H22N4O7/c1-10(17(27)23-13(19(29)30)6-7-16(25)26)21-15(24)9-20-18(28)14-8-11-4-2-3-5-12(11)22-14/h2-5,8,10,13,22H,6-7,9H2,1H3,(H,20,28)(H,21,24)(H,23,27)(H,25,26)(H,29,30)/t10-,13+/m0/s1. The molecule has 0 spiro atoms. The van der Waals surface area contributed by atoms with E-state index < -0.39 is 54.7 Å². The van der Waals surface area contributed by atoms with Crippen LogP contribution in [0.1, 0.15) is 30.3 Å². The highest BCUT2D eigenvalue weighted by atomic mass is 16.4. The number of carboxylic acids is 2. The normalized spacial score (nSPS) is 12.6. The quantitative estimate of drug-likeness (QED) is 0.310. The van der Waals surface area contributed by atoms with Crippen LogP contribution < -0.4 is 16.0 Å². The first-order chi connectivity index (χ1) is 14.2. The van der Waals surface area contributed by atoms with Crippen LogP contribution in [0.5, 0.6) is 0 Å². The number of benzene rings is 1. The second-order valence-corrected chi connectivity index (χ2v) is 6.57. The average molecular weight is 418 g/mol. The molecule has 1 aromatic heterocycles. The SMILES string of the molecule is C[C@H](NC(=O)CNC(=O)c1cc2ccccc2[nH]1)C(=O)N[C@H](CCC(=O)O)C(=O)O. The van der Waals surface area contributed by atoms with Gasteiger partial charge in [-0.1, -0.05) is 18.2 Å². The summed E-state index contributed by atoms with van der Waals surface area (Å²) in [4.78, 5) is 60.9. The summed E-state index contributed by atoms with van der Waals surface area (Å²) >= 11 is 0. The molecule has 3 amide bonds. The Morgan fingerprint density at radius 3 is 2.40 bits per heavy atom. The van der Waals surface area contributed by atoms with Gasteiger partial charge in [0.05, 0.1) is 6.54 Å². The van der Waals surface area contributed by atoms with Gasteiger partial charge in [-0.3, -0.25) is 19.2 Å². The van der Waals surface area contributed by atoms with Gasteiger partial charge < -0.3 is 31.1 Å². The van der Waals surface area contributed by atoms with E-state index in [9.17, 15) is 24.0 Å². The van der Waals surface area contributed by atoms with Crippen molar-refractivity contribution in [3.63, 3.8) is 0 Å². The van der Waals surface area contributed by atoms with Gasteiger partial charge in [0, 0.05) is 17.3 Å². The number of H-pyrrole nitrogens is 1. The van der Waals surface area contributed by atoms with Crippen molar-refractivity contribution in [1.29, 1.82) is 0 Å². The summed E-state index contributed by atoms with van der Waals surface area (Å²) in [6.07, 6.45) is -0.727. The van der Waals surface area contributed by atoms with Crippen LogP contribution in [0.15, 0.2) is 30.3 Å². The molecule has 160 valence electrons. The minimum atomic E-state index is -1.39. The van der Waals surface area contributed by atoms with E-state index in [1.54, 1.807) is 12.1 Å². The predicted molar refractivity (Wildman–Crippen MR) is 105 cm³/mol. The summed E-state index contributed by atoms with van der Waals surface area (Å²) < 4.78 is 0. The van der Waals surface area contributed by atoms with Gasteiger partial charge >= 0.3 is 11.9 Å². The first-order valence-corrected chi connectivity index (χ1v) is 9.07. The molecule has 6 N–H and O–H groups in total. The molecule has 11 heteroatoms. The molecule has 0 saturated heterocycles. The van der Waals surface area contributed by atoms with Gasteiger partial charge in [-0.05, 0) is 25.5 Å². The number of hydrogen-bond acceptors (Lipinski definition) is 5. The molecular weight excluding hydrogens is 396 g/mol. The Balaban J connectivity index is 1.82. The summed E-state index contributed by atoms with van der Waals surface area (Å²) in [5.41, 5.74) is 1.05. The summed E-state index contributed by atoms with van der Waals surface area (Å²) in [5.74, 6) is -4.52. The van der Waals surface area contributed by atoms with Crippen molar-refractivity contribution in [1.82, 2.24) is 20.9 Å². The second kappa shape index (κ2) is 10.0. The summed E-state index contributed by atoms with van der Waals surface area (Å²) in [7, 11) is 0. The first kappa shape index (κ1) is 22.4. The van der Waals surface area contributed by atoms with Crippen LogP contribution in [-0.4, -0.2) is 63.5 Å². The molecule has 1 heterocycles. The van der Waals surface area contributed by atoms with Crippen molar-refractivity contribution >= 4 is 40.6 Å². The number of amides is 3. The minimum Gasteiger partial charge on any atom is -0.481 e. The van der Waals surface area contributed by atoms with Crippen molar-refractivity contribution in [2.75, 3.05) is 6.54 Å². The number of aromatic nitrogens is 1. The molecule has 0 unspecified atom stereocenters. The van der Waals surface area contributed by atoms with E-state index in [1.165, 1.54) is 6.92 Å². The molecule has 0 saturated carbocycles. The maximum Gasteiger partial charge on any atom is 0.326 e. The molecule has 2 rings (SSSR count). The van der Waals surface area contributed by atoms with Crippen molar-refractivity contribution in [2.24, 2.45) is 0 Å². The zero-order valence-corrected chi connectivity index (χ0v) is 16.1. The number of aliphatic carboxylic acids is 2. The third kappa shape index (κ3) is 6.33. The van der Waals surface area contributed by atoms with E-state index in [0.29, 0.717) is 0 Å². The smallest absolute Gasteiger partial charge is 0.326 e. The number of carboxylic acid groups (broad SMARTS) is 2. The number of rotatable bonds is 10. The Hall–Kier alpha value is -3.89. The molecule has 0 aliphatic carbocycles. The van der Waals surface area contributed by atoms with Crippen molar-refractivity contribution in [2.45, 2.75) is 31.8 Å². The van der Waals surface area contributed by atoms with Crippen LogP contribution in [0.4, 0.5) is 0 Å². The van der Waals surface area contributed by atoms with E-state index in [1.807, 2.05) is 18.2 Å². The lowest BCUT2D eigenvalue weighted by Gasteiger charge is -2.18. The molecule has 2 atom stereocenters. The Kier molecular flexibility index (Phi) is 7.50. The lowest BCUT2D eigenvalue weighted by Crippen LogP contribution is -2.51. The third-order valence-corrected chi connectivity index (χ3v) is 4.22. The van der Waals surface area contributed by atoms with Gasteiger partial charge in [0.15, 0.2) is 0 Å². The number of fused-ring (bicyclic) bond motifs is 1.